The van der Waals surface area contributed by atoms with Crippen molar-refractivity contribution in [1.29, 1.82) is 0 Å². The molecule has 2 aromatic heterocycles. The summed E-state index contributed by atoms with van der Waals surface area (Å²) in [6.45, 7) is 3.88. The maximum absolute atomic E-state index is 13.1. The summed E-state index contributed by atoms with van der Waals surface area (Å²) in [6, 6.07) is 6.34. The van der Waals surface area contributed by atoms with Crippen LogP contribution in [0.15, 0.2) is 24.3 Å². The number of carbonyl (C=O) groups is 1. The molecule has 0 fully saturated rings. The Morgan fingerprint density at radius 2 is 2.05 bits per heavy atom. The second-order valence-corrected chi connectivity index (χ2v) is 5.61. The Morgan fingerprint density at radius 3 is 2.65 bits per heavy atom. The van der Waals surface area contributed by atoms with Crippen LogP contribution in [0.25, 0.3) is 16.2 Å². The molecular formula is C15H13FN2OS. The molecule has 0 saturated heterocycles. The first-order valence-corrected chi connectivity index (χ1v) is 7.19. The third-order valence-corrected chi connectivity index (χ3v) is 4.50. The Hall–Kier alpha value is -2.01. The Bertz CT molecular complexity index is 786. The maximum atomic E-state index is 13.1. The van der Waals surface area contributed by atoms with Gasteiger partial charge in [0.2, 0.25) is 0 Å². The van der Waals surface area contributed by atoms with Crippen LogP contribution in [0.5, 0.6) is 0 Å². The van der Waals surface area contributed by atoms with Crippen LogP contribution in [-0.2, 0) is 6.42 Å². The lowest BCUT2D eigenvalue weighted by molar-refractivity contribution is 0.111. The van der Waals surface area contributed by atoms with Gasteiger partial charge in [-0.2, -0.15) is 0 Å². The SMILES string of the molecule is CCc1sc2nc(C)c(C=O)n2c1-c1ccc(F)cc1. The minimum atomic E-state index is -0.268. The number of halogens is 1. The van der Waals surface area contributed by atoms with Crippen LogP contribution in [0, 0.1) is 12.7 Å². The molecule has 5 heteroatoms. The third-order valence-electron chi connectivity index (χ3n) is 3.32. The second kappa shape index (κ2) is 4.83. The zero-order valence-electron chi connectivity index (χ0n) is 11.2. The van der Waals surface area contributed by atoms with Crippen LogP contribution in [-0.4, -0.2) is 15.7 Å². The molecule has 0 atom stereocenters. The van der Waals surface area contributed by atoms with Crippen LogP contribution in [0.1, 0.15) is 28.0 Å². The summed E-state index contributed by atoms with van der Waals surface area (Å²) in [4.78, 5) is 17.7. The number of imidazole rings is 1. The highest BCUT2D eigenvalue weighted by atomic mass is 32.1. The molecule has 1 aromatic carbocycles. The van der Waals surface area contributed by atoms with Gasteiger partial charge in [-0.15, -0.1) is 11.3 Å². The average Bonchev–Trinajstić information content (AvgIpc) is 2.93. The molecule has 0 aliphatic heterocycles. The van der Waals surface area contributed by atoms with E-state index in [1.54, 1.807) is 23.5 Å². The number of hydrogen-bond acceptors (Lipinski definition) is 3. The molecule has 0 aliphatic carbocycles. The van der Waals surface area contributed by atoms with Crippen LogP contribution in [0.3, 0.4) is 0 Å². The van der Waals surface area contributed by atoms with Gasteiger partial charge in [0.25, 0.3) is 0 Å². The van der Waals surface area contributed by atoms with Crippen molar-refractivity contribution in [3.05, 3.63) is 46.3 Å². The molecule has 0 saturated carbocycles. The van der Waals surface area contributed by atoms with E-state index in [1.807, 2.05) is 11.3 Å². The quantitative estimate of drug-likeness (QED) is 0.685. The number of aldehydes is 1. The summed E-state index contributed by atoms with van der Waals surface area (Å²) < 4.78 is 15.0. The molecule has 3 nitrogen and oxygen atoms in total. The minimum absolute atomic E-state index is 0.268. The molecule has 0 bridgehead atoms. The van der Waals surface area contributed by atoms with Gasteiger partial charge in [0, 0.05) is 4.88 Å². The van der Waals surface area contributed by atoms with Crippen molar-refractivity contribution in [2.75, 3.05) is 0 Å². The van der Waals surface area contributed by atoms with Crippen molar-refractivity contribution in [3.8, 4) is 11.3 Å². The Labute approximate surface area is 119 Å². The van der Waals surface area contributed by atoms with E-state index in [1.165, 1.54) is 12.1 Å². The summed E-state index contributed by atoms with van der Waals surface area (Å²) in [5, 5.41) is 0. The first kappa shape index (κ1) is 13.0. The van der Waals surface area contributed by atoms with Gasteiger partial charge < -0.3 is 0 Å². The van der Waals surface area contributed by atoms with Gasteiger partial charge in [-0.3, -0.25) is 9.20 Å². The van der Waals surface area contributed by atoms with E-state index >= 15 is 0 Å². The van der Waals surface area contributed by atoms with Gasteiger partial charge in [-0.05, 0) is 43.2 Å². The van der Waals surface area contributed by atoms with Crippen LogP contribution in [0.2, 0.25) is 0 Å². The number of aromatic nitrogens is 2. The molecular weight excluding hydrogens is 275 g/mol. The predicted octanol–water partition coefficient (Wildman–Crippen LogP) is 3.89. The van der Waals surface area contributed by atoms with Crippen molar-refractivity contribution in [2.24, 2.45) is 0 Å². The van der Waals surface area contributed by atoms with E-state index < -0.39 is 0 Å². The second-order valence-electron chi connectivity index (χ2n) is 4.55. The lowest BCUT2D eigenvalue weighted by Gasteiger charge is -2.05. The van der Waals surface area contributed by atoms with Gasteiger partial charge in [0.1, 0.15) is 11.5 Å². The van der Waals surface area contributed by atoms with Crippen molar-refractivity contribution in [1.82, 2.24) is 9.38 Å². The van der Waals surface area contributed by atoms with Crippen LogP contribution in [0.4, 0.5) is 4.39 Å². The van der Waals surface area contributed by atoms with E-state index in [4.69, 9.17) is 0 Å². The number of hydrogen-bond donors (Lipinski definition) is 0. The number of thiazole rings is 1. The monoisotopic (exact) mass is 288 g/mol. The smallest absolute Gasteiger partial charge is 0.195 e. The lowest BCUT2D eigenvalue weighted by Crippen LogP contribution is -1.96. The molecule has 0 N–H and O–H groups in total. The molecule has 3 rings (SSSR count). The summed E-state index contributed by atoms with van der Waals surface area (Å²) in [7, 11) is 0. The van der Waals surface area contributed by atoms with E-state index in [2.05, 4.69) is 11.9 Å². The highest BCUT2D eigenvalue weighted by Gasteiger charge is 2.19. The molecule has 0 radical (unpaired) electrons. The Balaban J connectivity index is 2.36. The van der Waals surface area contributed by atoms with Gasteiger partial charge >= 0.3 is 0 Å². The number of benzene rings is 1. The molecule has 3 aromatic rings. The maximum Gasteiger partial charge on any atom is 0.195 e. The highest BCUT2D eigenvalue weighted by Crippen LogP contribution is 2.33. The first-order chi connectivity index (χ1) is 9.65. The zero-order chi connectivity index (χ0) is 14.3. The Morgan fingerprint density at radius 1 is 1.35 bits per heavy atom. The van der Waals surface area contributed by atoms with Crippen LogP contribution < -0.4 is 0 Å². The first-order valence-electron chi connectivity index (χ1n) is 6.37. The number of rotatable bonds is 3. The van der Waals surface area contributed by atoms with Crippen molar-refractivity contribution < 1.29 is 9.18 Å². The molecule has 0 amide bonds. The van der Waals surface area contributed by atoms with Crippen molar-refractivity contribution in [3.63, 3.8) is 0 Å². The topological polar surface area (TPSA) is 34.4 Å². The van der Waals surface area contributed by atoms with Gasteiger partial charge in [0.05, 0.1) is 11.4 Å². The normalized spacial score (nSPS) is 11.2. The van der Waals surface area contributed by atoms with E-state index in [-0.39, 0.29) is 5.82 Å². The summed E-state index contributed by atoms with van der Waals surface area (Å²) >= 11 is 1.57. The van der Waals surface area contributed by atoms with E-state index in [0.29, 0.717) is 5.69 Å². The van der Waals surface area contributed by atoms with E-state index in [0.717, 1.165) is 39.5 Å². The fourth-order valence-electron chi connectivity index (χ4n) is 2.36. The lowest BCUT2D eigenvalue weighted by atomic mass is 10.1. The molecule has 0 spiro atoms. The predicted molar refractivity (Wildman–Crippen MR) is 78.0 cm³/mol. The zero-order valence-corrected chi connectivity index (χ0v) is 12.0. The van der Waals surface area contributed by atoms with Gasteiger partial charge in [-0.1, -0.05) is 6.92 Å². The standard InChI is InChI=1S/C15H13FN2OS/c1-3-13-14(10-4-6-11(16)7-5-10)18-12(8-19)9(2)17-15(18)20-13/h4-8H,3H2,1-2H3. The number of aryl methyl sites for hydroxylation is 2. The largest absolute Gasteiger partial charge is 0.296 e. The summed E-state index contributed by atoms with van der Waals surface area (Å²) in [5.74, 6) is -0.268. The molecule has 0 unspecified atom stereocenters. The average molecular weight is 288 g/mol. The number of nitrogens with zero attached hydrogens (tertiary/aromatic N) is 2. The Kier molecular flexibility index (Phi) is 3.14. The molecule has 20 heavy (non-hydrogen) atoms. The van der Waals surface area contributed by atoms with Crippen molar-refractivity contribution in [2.45, 2.75) is 20.3 Å². The van der Waals surface area contributed by atoms with Crippen molar-refractivity contribution >= 4 is 22.6 Å². The van der Waals surface area contributed by atoms with E-state index in [9.17, 15) is 9.18 Å². The molecule has 0 aliphatic rings. The number of fused-ring (bicyclic) bond motifs is 1. The molecule has 102 valence electrons. The highest BCUT2D eigenvalue weighted by molar-refractivity contribution is 7.17. The number of carbonyl (C=O) groups excluding carboxylic acids is 1. The minimum Gasteiger partial charge on any atom is -0.296 e. The summed E-state index contributed by atoms with van der Waals surface area (Å²) in [6.07, 6.45) is 1.67. The van der Waals surface area contributed by atoms with Gasteiger partial charge in [0.15, 0.2) is 11.2 Å². The third kappa shape index (κ3) is 1.86. The van der Waals surface area contributed by atoms with Gasteiger partial charge in [-0.25, -0.2) is 9.37 Å². The fraction of sp³-hybridized carbons (Fsp3) is 0.200. The molecule has 2 heterocycles. The van der Waals surface area contributed by atoms with Crippen LogP contribution >= 0.6 is 11.3 Å². The summed E-state index contributed by atoms with van der Waals surface area (Å²) in [5.41, 5.74) is 3.12. The fourth-order valence-corrected chi connectivity index (χ4v) is 3.49.